The van der Waals surface area contributed by atoms with E-state index in [2.05, 4.69) is 52.5 Å². The van der Waals surface area contributed by atoms with Gasteiger partial charge in [-0.25, -0.2) is 0 Å². The monoisotopic (exact) mass is 438 g/mol. The molecule has 3 fully saturated rings. The molecule has 0 aromatic rings. The smallest absolute Gasteiger partial charge is 0.178 e. The number of terminal acetylenes is 2. The molecule has 0 heterocycles. The minimum atomic E-state index is -0.421. The van der Waals surface area contributed by atoms with Crippen LogP contribution in [0, 0.1) is 59.7 Å². The van der Waals surface area contributed by atoms with Crippen molar-refractivity contribution in [3.8, 4) is 25.7 Å². The molecule has 7 atom stereocenters. The van der Waals surface area contributed by atoms with Crippen LogP contribution in [0.25, 0.3) is 0 Å². The fraction of sp³-hybridized carbons (Fsp3) is 0.655. The van der Waals surface area contributed by atoms with Crippen LogP contribution in [-0.4, -0.2) is 22.8 Å². The predicted octanol–water partition coefficient (Wildman–Crippen LogP) is 5.78. The standard InChI is InChI=1S/C23H32O3.C2H6.2C2H2/c1-5-19(26)22(3)11-9-17-16-7-6-14-12-15(24)8-10-21(14,2)20(16)18(25)13-23(17,22)4;3*1-2/h8,10,12,16-18,20,25H,5-7,9,11,13H2,1-4H3;1-2H3;2*1-2H/t16-,17?,18-,20?,21-,22+,23-;;;/m0.../s1. The van der Waals surface area contributed by atoms with E-state index >= 15 is 0 Å². The maximum atomic E-state index is 12.9. The molecule has 0 spiro atoms. The predicted molar refractivity (Wildman–Crippen MR) is 133 cm³/mol. The van der Waals surface area contributed by atoms with Crippen LogP contribution in [0.3, 0.4) is 0 Å². The van der Waals surface area contributed by atoms with Crippen molar-refractivity contribution < 1.29 is 14.7 Å². The van der Waals surface area contributed by atoms with Gasteiger partial charge >= 0.3 is 0 Å². The lowest BCUT2D eigenvalue weighted by atomic mass is 9.45. The number of aliphatic hydroxyl groups excluding tert-OH is 1. The zero-order valence-corrected chi connectivity index (χ0v) is 20.9. The SMILES string of the molecule is C#C.C#C.CC.CCC(=O)[C@@]1(C)CCC2[C@@H]3CCC4=CC(=O)C=C[C@]4(C)C3[C@@H](O)C[C@@]21C. The quantitative estimate of drug-likeness (QED) is 0.556. The molecule has 0 amide bonds. The van der Waals surface area contributed by atoms with Crippen LogP contribution in [-0.2, 0) is 9.59 Å². The molecule has 3 nitrogen and oxygen atoms in total. The van der Waals surface area contributed by atoms with Crippen LogP contribution < -0.4 is 0 Å². The van der Waals surface area contributed by atoms with E-state index in [0.29, 0.717) is 30.5 Å². The average Bonchev–Trinajstić information content (AvgIpc) is 3.08. The summed E-state index contributed by atoms with van der Waals surface area (Å²) in [6, 6.07) is 0. The highest BCUT2D eigenvalue weighted by molar-refractivity contribution is 6.01. The second-order valence-electron chi connectivity index (χ2n) is 9.86. The molecule has 0 aromatic heterocycles. The van der Waals surface area contributed by atoms with E-state index in [0.717, 1.165) is 25.7 Å². The van der Waals surface area contributed by atoms with E-state index in [1.54, 1.807) is 12.2 Å². The number of rotatable bonds is 2. The van der Waals surface area contributed by atoms with E-state index in [-0.39, 0.29) is 27.9 Å². The molecule has 4 rings (SSSR count). The van der Waals surface area contributed by atoms with Gasteiger partial charge in [-0.1, -0.05) is 53.2 Å². The second-order valence-corrected chi connectivity index (χ2v) is 9.86. The molecule has 4 aliphatic rings. The highest BCUT2D eigenvalue weighted by Crippen LogP contribution is 2.69. The highest BCUT2D eigenvalue weighted by Gasteiger charge is 2.66. The highest BCUT2D eigenvalue weighted by atomic mass is 16.3. The largest absolute Gasteiger partial charge is 0.393 e. The number of Topliss-reactive ketones (excluding diaryl/α,β-unsaturated/α-hetero) is 1. The Morgan fingerprint density at radius 3 is 2.28 bits per heavy atom. The van der Waals surface area contributed by atoms with Gasteiger partial charge < -0.3 is 5.11 Å². The zero-order valence-electron chi connectivity index (χ0n) is 20.9. The van der Waals surface area contributed by atoms with Crippen molar-refractivity contribution in [3.05, 3.63) is 23.8 Å². The molecule has 3 saturated carbocycles. The van der Waals surface area contributed by atoms with Gasteiger partial charge in [0.2, 0.25) is 0 Å². The van der Waals surface area contributed by atoms with Crippen molar-refractivity contribution in [2.75, 3.05) is 0 Å². The Balaban J connectivity index is 0.000000789. The molecule has 0 radical (unpaired) electrons. The summed E-state index contributed by atoms with van der Waals surface area (Å²) < 4.78 is 0. The van der Waals surface area contributed by atoms with E-state index in [4.69, 9.17) is 0 Å². The first kappa shape index (κ1) is 27.9. The van der Waals surface area contributed by atoms with Crippen molar-refractivity contribution in [2.45, 2.75) is 86.2 Å². The summed E-state index contributed by atoms with van der Waals surface area (Å²) in [6.07, 6.45) is 26.4. The fourth-order valence-corrected chi connectivity index (χ4v) is 7.42. The van der Waals surface area contributed by atoms with Crippen molar-refractivity contribution in [3.63, 3.8) is 0 Å². The number of hydrogen-bond donors (Lipinski definition) is 1. The van der Waals surface area contributed by atoms with Gasteiger partial charge in [0.25, 0.3) is 0 Å². The maximum absolute atomic E-state index is 12.9. The van der Waals surface area contributed by atoms with Gasteiger partial charge in [-0.3, -0.25) is 9.59 Å². The van der Waals surface area contributed by atoms with Gasteiger partial charge in [-0.2, -0.15) is 0 Å². The number of carbonyl (C=O) groups is 2. The first-order valence-corrected chi connectivity index (χ1v) is 12.0. The first-order valence-electron chi connectivity index (χ1n) is 12.0. The molecule has 0 saturated heterocycles. The molecule has 176 valence electrons. The van der Waals surface area contributed by atoms with Gasteiger partial charge in [0.15, 0.2) is 5.78 Å². The number of hydrogen-bond acceptors (Lipinski definition) is 3. The third-order valence-corrected chi connectivity index (χ3v) is 9.04. The summed E-state index contributed by atoms with van der Waals surface area (Å²) in [7, 11) is 0. The lowest BCUT2D eigenvalue weighted by molar-refractivity contribution is -0.153. The minimum Gasteiger partial charge on any atom is -0.393 e. The lowest BCUT2D eigenvalue weighted by Gasteiger charge is -2.60. The Bertz CT molecular complexity index is 794. The summed E-state index contributed by atoms with van der Waals surface area (Å²) in [5, 5.41) is 11.3. The van der Waals surface area contributed by atoms with Crippen molar-refractivity contribution >= 4 is 11.6 Å². The summed E-state index contributed by atoms with van der Waals surface area (Å²) in [5.41, 5.74) is 0.547. The maximum Gasteiger partial charge on any atom is 0.178 e. The van der Waals surface area contributed by atoms with Crippen LogP contribution in [0.5, 0.6) is 0 Å². The molecule has 1 N–H and O–H groups in total. The average molecular weight is 439 g/mol. The van der Waals surface area contributed by atoms with Crippen LogP contribution in [0.2, 0.25) is 0 Å². The molecule has 3 heteroatoms. The van der Waals surface area contributed by atoms with E-state index in [1.807, 2.05) is 20.8 Å². The number of fused-ring (bicyclic) bond motifs is 5. The Hall–Kier alpha value is -2.10. The van der Waals surface area contributed by atoms with Gasteiger partial charge in [-0.05, 0) is 61.5 Å². The number of ketones is 2. The topological polar surface area (TPSA) is 54.4 Å². The molecule has 32 heavy (non-hydrogen) atoms. The Labute approximate surface area is 196 Å². The van der Waals surface area contributed by atoms with E-state index < -0.39 is 6.10 Å². The third kappa shape index (κ3) is 4.02. The van der Waals surface area contributed by atoms with Gasteiger partial charge in [0.1, 0.15) is 5.78 Å². The van der Waals surface area contributed by atoms with Gasteiger partial charge in [0.05, 0.1) is 6.10 Å². The fourth-order valence-electron chi connectivity index (χ4n) is 7.42. The Morgan fingerprint density at radius 2 is 1.72 bits per heavy atom. The summed E-state index contributed by atoms with van der Waals surface area (Å²) in [5.74, 6) is 1.51. The third-order valence-electron chi connectivity index (χ3n) is 9.04. The minimum absolute atomic E-state index is 0.0769. The van der Waals surface area contributed by atoms with Crippen LogP contribution in [0.4, 0.5) is 0 Å². The Morgan fingerprint density at radius 1 is 1.12 bits per heavy atom. The molecular weight excluding hydrogens is 396 g/mol. The van der Waals surface area contributed by atoms with Gasteiger partial charge in [-0.15, -0.1) is 25.7 Å². The molecule has 2 unspecified atom stereocenters. The molecule has 0 aliphatic heterocycles. The van der Waals surface area contributed by atoms with Crippen molar-refractivity contribution in [1.29, 1.82) is 0 Å². The summed E-state index contributed by atoms with van der Waals surface area (Å²) in [6.45, 7) is 12.6. The van der Waals surface area contributed by atoms with Gasteiger partial charge in [0, 0.05) is 23.2 Å². The number of allylic oxidation sites excluding steroid dienone is 4. The van der Waals surface area contributed by atoms with E-state index in [1.165, 1.54) is 5.57 Å². The zero-order chi connectivity index (χ0) is 24.9. The number of carbonyl (C=O) groups excluding carboxylic acids is 2. The molecule has 4 aliphatic carbocycles. The molecular formula is C29H42O3. The van der Waals surface area contributed by atoms with Crippen molar-refractivity contribution in [2.24, 2.45) is 34.0 Å². The first-order chi connectivity index (χ1) is 15.2. The van der Waals surface area contributed by atoms with E-state index in [9.17, 15) is 14.7 Å². The Kier molecular flexibility index (Phi) is 9.32. The normalized spacial score (nSPS) is 40.8. The number of aliphatic hydroxyl groups is 1. The van der Waals surface area contributed by atoms with Crippen LogP contribution in [0.1, 0.15) is 80.1 Å². The summed E-state index contributed by atoms with van der Waals surface area (Å²) >= 11 is 0. The van der Waals surface area contributed by atoms with Crippen LogP contribution >= 0.6 is 0 Å². The molecule has 0 bridgehead atoms. The summed E-state index contributed by atoms with van der Waals surface area (Å²) in [4.78, 5) is 24.7. The lowest BCUT2D eigenvalue weighted by Crippen LogP contribution is -2.58. The second kappa shape index (κ2) is 10.7. The van der Waals surface area contributed by atoms with Crippen LogP contribution in [0.15, 0.2) is 23.8 Å². The van der Waals surface area contributed by atoms with Crippen molar-refractivity contribution in [1.82, 2.24) is 0 Å². The molecule has 0 aromatic carbocycles.